The molecule has 0 aliphatic carbocycles. The Balaban J connectivity index is 4.03. The van der Waals surface area contributed by atoms with Gasteiger partial charge in [0.25, 0.3) is 0 Å². The number of urea groups is 1. The third-order valence-electron chi connectivity index (χ3n) is 2.06. The zero-order valence-electron chi connectivity index (χ0n) is 9.99. The summed E-state index contributed by atoms with van der Waals surface area (Å²) in [5.41, 5.74) is -1.42. The SMILES string of the molecule is CCCN(C)C(=O)NCC(C)(O)CC(=O)O. The van der Waals surface area contributed by atoms with E-state index >= 15 is 0 Å². The van der Waals surface area contributed by atoms with Crippen LogP contribution >= 0.6 is 0 Å². The van der Waals surface area contributed by atoms with Crippen LogP contribution in [0.1, 0.15) is 26.7 Å². The normalized spacial score (nSPS) is 14.0. The molecule has 2 amide bonds. The lowest BCUT2D eigenvalue weighted by Gasteiger charge is -2.24. The van der Waals surface area contributed by atoms with Crippen LogP contribution in [0.2, 0.25) is 0 Å². The van der Waals surface area contributed by atoms with Crippen LogP contribution in [0.15, 0.2) is 0 Å². The van der Waals surface area contributed by atoms with Gasteiger partial charge in [-0.05, 0) is 13.3 Å². The van der Waals surface area contributed by atoms with Gasteiger partial charge in [0.2, 0.25) is 0 Å². The Bertz CT molecular complexity index is 253. The highest BCUT2D eigenvalue weighted by Gasteiger charge is 2.25. The molecular formula is C10H20N2O4. The molecule has 0 radical (unpaired) electrons. The second-order valence-corrected chi connectivity index (χ2v) is 4.15. The summed E-state index contributed by atoms with van der Waals surface area (Å²) in [6.07, 6.45) is 0.445. The van der Waals surface area contributed by atoms with Gasteiger partial charge in [0.1, 0.15) is 0 Å². The average molecular weight is 232 g/mol. The van der Waals surface area contributed by atoms with Crippen molar-refractivity contribution in [3.8, 4) is 0 Å². The van der Waals surface area contributed by atoms with E-state index in [4.69, 9.17) is 5.11 Å². The van der Waals surface area contributed by atoms with Gasteiger partial charge >= 0.3 is 12.0 Å². The Hall–Kier alpha value is -1.30. The quantitative estimate of drug-likeness (QED) is 0.613. The van der Waals surface area contributed by atoms with E-state index in [9.17, 15) is 14.7 Å². The summed E-state index contributed by atoms with van der Waals surface area (Å²) >= 11 is 0. The summed E-state index contributed by atoms with van der Waals surface area (Å²) in [5.74, 6) is -1.10. The van der Waals surface area contributed by atoms with E-state index < -0.39 is 18.0 Å². The first kappa shape index (κ1) is 14.7. The zero-order chi connectivity index (χ0) is 12.8. The van der Waals surface area contributed by atoms with Crippen LogP contribution in [-0.4, -0.2) is 52.9 Å². The number of hydrogen-bond donors (Lipinski definition) is 3. The largest absolute Gasteiger partial charge is 0.481 e. The molecule has 0 rings (SSSR count). The maximum absolute atomic E-state index is 11.4. The minimum absolute atomic E-state index is 0.0772. The predicted molar refractivity (Wildman–Crippen MR) is 59.2 cm³/mol. The topological polar surface area (TPSA) is 89.9 Å². The highest BCUT2D eigenvalue weighted by molar-refractivity contribution is 5.74. The van der Waals surface area contributed by atoms with Gasteiger partial charge in [-0.3, -0.25) is 4.79 Å². The second-order valence-electron chi connectivity index (χ2n) is 4.15. The standard InChI is InChI=1S/C10H20N2O4/c1-4-5-12(3)9(15)11-7-10(2,16)6-8(13)14/h16H,4-7H2,1-3H3,(H,11,15)(H,13,14). The number of rotatable bonds is 6. The van der Waals surface area contributed by atoms with E-state index in [-0.39, 0.29) is 12.6 Å². The van der Waals surface area contributed by atoms with Crippen molar-refractivity contribution in [2.75, 3.05) is 20.1 Å². The van der Waals surface area contributed by atoms with Crippen LogP contribution in [0, 0.1) is 0 Å². The molecule has 0 fully saturated rings. The molecule has 6 heteroatoms. The molecule has 0 aromatic carbocycles. The molecule has 16 heavy (non-hydrogen) atoms. The van der Waals surface area contributed by atoms with Crippen molar-refractivity contribution in [3.63, 3.8) is 0 Å². The molecule has 1 unspecified atom stereocenters. The van der Waals surface area contributed by atoms with Crippen molar-refractivity contribution in [2.45, 2.75) is 32.3 Å². The number of aliphatic carboxylic acids is 1. The number of aliphatic hydroxyl groups is 1. The third kappa shape index (κ3) is 6.23. The van der Waals surface area contributed by atoms with Crippen LogP contribution in [0.3, 0.4) is 0 Å². The number of carbonyl (C=O) groups excluding carboxylic acids is 1. The van der Waals surface area contributed by atoms with Crippen LogP contribution in [0.4, 0.5) is 4.79 Å². The van der Waals surface area contributed by atoms with Gasteiger partial charge in [0.05, 0.1) is 12.0 Å². The van der Waals surface area contributed by atoms with Gasteiger partial charge in [-0.25, -0.2) is 4.79 Å². The van der Waals surface area contributed by atoms with Gasteiger partial charge < -0.3 is 20.4 Å². The molecule has 0 aromatic rings. The summed E-state index contributed by atoms with van der Waals surface area (Å²) in [6.45, 7) is 3.87. The first-order valence-corrected chi connectivity index (χ1v) is 5.21. The molecule has 0 aliphatic heterocycles. The lowest BCUT2D eigenvalue weighted by atomic mass is 10.0. The Morgan fingerprint density at radius 1 is 1.44 bits per heavy atom. The number of hydrogen-bond acceptors (Lipinski definition) is 3. The average Bonchev–Trinajstić information content (AvgIpc) is 2.12. The highest BCUT2D eigenvalue weighted by Crippen LogP contribution is 2.07. The van der Waals surface area contributed by atoms with E-state index in [0.29, 0.717) is 6.54 Å². The van der Waals surface area contributed by atoms with Crippen molar-refractivity contribution in [3.05, 3.63) is 0 Å². The summed E-state index contributed by atoms with van der Waals surface area (Å²) in [6, 6.07) is -0.312. The second kappa shape index (κ2) is 6.32. The molecule has 1 atom stereocenters. The lowest BCUT2D eigenvalue weighted by molar-refractivity contribution is -0.141. The maximum atomic E-state index is 11.4. The third-order valence-corrected chi connectivity index (χ3v) is 2.06. The number of carboxylic acids is 1. The van der Waals surface area contributed by atoms with E-state index in [1.165, 1.54) is 11.8 Å². The van der Waals surface area contributed by atoms with E-state index in [1.54, 1.807) is 7.05 Å². The van der Waals surface area contributed by atoms with Crippen LogP contribution in [-0.2, 0) is 4.79 Å². The summed E-state index contributed by atoms with van der Waals surface area (Å²) in [5, 5.41) is 20.6. The fourth-order valence-corrected chi connectivity index (χ4v) is 1.23. The van der Waals surface area contributed by atoms with Crippen LogP contribution < -0.4 is 5.32 Å². The number of nitrogens with one attached hydrogen (secondary N) is 1. The number of carbonyl (C=O) groups is 2. The minimum Gasteiger partial charge on any atom is -0.481 e. The van der Waals surface area contributed by atoms with Crippen molar-refractivity contribution < 1.29 is 19.8 Å². The molecule has 0 saturated heterocycles. The molecule has 6 nitrogen and oxygen atoms in total. The molecule has 3 N–H and O–H groups in total. The molecule has 0 heterocycles. The molecule has 0 spiro atoms. The van der Waals surface area contributed by atoms with Crippen molar-refractivity contribution in [2.24, 2.45) is 0 Å². The fourth-order valence-electron chi connectivity index (χ4n) is 1.23. The molecule has 0 saturated carbocycles. The Morgan fingerprint density at radius 2 is 2.00 bits per heavy atom. The first-order chi connectivity index (χ1) is 7.28. The smallest absolute Gasteiger partial charge is 0.317 e. The van der Waals surface area contributed by atoms with Gasteiger partial charge in [0, 0.05) is 20.1 Å². The van der Waals surface area contributed by atoms with E-state index in [2.05, 4.69) is 5.32 Å². The maximum Gasteiger partial charge on any atom is 0.317 e. The zero-order valence-corrected chi connectivity index (χ0v) is 9.99. The van der Waals surface area contributed by atoms with Crippen molar-refractivity contribution >= 4 is 12.0 Å². The predicted octanol–water partition coefficient (Wildman–Crippen LogP) is 0.263. The molecule has 0 aromatic heterocycles. The van der Waals surface area contributed by atoms with Crippen LogP contribution in [0.5, 0.6) is 0 Å². The monoisotopic (exact) mass is 232 g/mol. The molecule has 0 aliphatic rings. The van der Waals surface area contributed by atoms with E-state index in [0.717, 1.165) is 6.42 Å². The minimum atomic E-state index is -1.42. The number of carboxylic acid groups (broad SMARTS) is 1. The van der Waals surface area contributed by atoms with E-state index in [1.807, 2.05) is 6.92 Å². The summed E-state index contributed by atoms with van der Waals surface area (Å²) in [4.78, 5) is 23.3. The van der Waals surface area contributed by atoms with Crippen LogP contribution in [0.25, 0.3) is 0 Å². The first-order valence-electron chi connectivity index (χ1n) is 5.21. The Morgan fingerprint density at radius 3 is 2.44 bits per heavy atom. The summed E-state index contributed by atoms with van der Waals surface area (Å²) in [7, 11) is 1.64. The Kier molecular flexibility index (Phi) is 5.81. The fraction of sp³-hybridized carbons (Fsp3) is 0.800. The van der Waals surface area contributed by atoms with Crippen molar-refractivity contribution in [1.82, 2.24) is 10.2 Å². The lowest BCUT2D eigenvalue weighted by Crippen LogP contribution is -2.46. The number of amides is 2. The molecule has 94 valence electrons. The Labute approximate surface area is 95.2 Å². The molecular weight excluding hydrogens is 212 g/mol. The highest BCUT2D eigenvalue weighted by atomic mass is 16.4. The number of nitrogens with zero attached hydrogens (tertiary/aromatic N) is 1. The van der Waals surface area contributed by atoms with Gasteiger partial charge in [-0.1, -0.05) is 6.92 Å². The van der Waals surface area contributed by atoms with Gasteiger partial charge in [-0.15, -0.1) is 0 Å². The van der Waals surface area contributed by atoms with Gasteiger partial charge in [0.15, 0.2) is 0 Å². The summed E-state index contributed by atoms with van der Waals surface area (Å²) < 4.78 is 0. The van der Waals surface area contributed by atoms with Crippen molar-refractivity contribution in [1.29, 1.82) is 0 Å². The molecule has 0 bridgehead atoms. The van der Waals surface area contributed by atoms with Gasteiger partial charge in [-0.2, -0.15) is 0 Å².